The lowest BCUT2D eigenvalue weighted by atomic mass is 10.2. The first kappa shape index (κ1) is 15.4. The maximum Gasteiger partial charge on any atom is 0.409 e. The smallest absolute Gasteiger partial charge is 0.409 e. The molecule has 0 aromatic carbocycles. The van der Waals surface area contributed by atoms with E-state index in [1.165, 1.54) is 0 Å². The molecule has 0 bridgehead atoms. The van der Waals surface area contributed by atoms with Crippen molar-refractivity contribution >= 4 is 12.0 Å². The third-order valence-corrected chi connectivity index (χ3v) is 3.41. The largest absolute Gasteiger partial charge is 0.449 e. The van der Waals surface area contributed by atoms with E-state index in [9.17, 15) is 9.59 Å². The van der Waals surface area contributed by atoms with Gasteiger partial charge < -0.3 is 19.5 Å². The zero-order valence-corrected chi connectivity index (χ0v) is 12.7. The van der Waals surface area contributed by atoms with Crippen molar-refractivity contribution in [3.8, 4) is 0 Å². The van der Waals surface area contributed by atoms with Crippen molar-refractivity contribution in [2.75, 3.05) is 32.8 Å². The molecule has 6 heteroatoms. The molecule has 0 unspecified atom stereocenters. The van der Waals surface area contributed by atoms with Crippen LogP contribution in [0.15, 0.2) is 18.3 Å². The molecule has 2 rings (SSSR count). The van der Waals surface area contributed by atoms with E-state index in [0.717, 1.165) is 6.42 Å². The van der Waals surface area contributed by atoms with Crippen LogP contribution in [-0.4, -0.2) is 59.6 Å². The second-order valence-corrected chi connectivity index (χ2v) is 5.69. The van der Waals surface area contributed by atoms with Crippen LogP contribution in [0.1, 0.15) is 30.8 Å². The maximum absolute atomic E-state index is 12.3. The predicted octanol–water partition coefficient (Wildman–Crippen LogP) is 1.96. The van der Waals surface area contributed by atoms with Gasteiger partial charge in [0.2, 0.25) is 0 Å². The molecule has 1 fully saturated rings. The van der Waals surface area contributed by atoms with E-state index in [1.54, 1.807) is 28.1 Å². The molecular formula is C15H23N3O3. The van der Waals surface area contributed by atoms with Crippen LogP contribution in [0.5, 0.6) is 0 Å². The third kappa shape index (κ3) is 4.24. The van der Waals surface area contributed by atoms with Crippen LogP contribution >= 0.6 is 0 Å². The quantitative estimate of drug-likeness (QED) is 0.926. The van der Waals surface area contributed by atoms with Crippen molar-refractivity contribution in [2.45, 2.75) is 20.3 Å². The number of amides is 2. The first-order valence-electron chi connectivity index (χ1n) is 7.42. The highest BCUT2D eigenvalue weighted by Gasteiger charge is 2.23. The molecule has 1 aliphatic rings. The molecule has 1 saturated heterocycles. The Balaban J connectivity index is 1.87. The summed E-state index contributed by atoms with van der Waals surface area (Å²) >= 11 is 0. The number of H-pyrrole nitrogens is 1. The van der Waals surface area contributed by atoms with E-state index in [4.69, 9.17) is 4.74 Å². The molecule has 116 valence electrons. The first-order valence-corrected chi connectivity index (χ1v) is 7.42. The number of nitrogens with zero attached hydrogens (tertiary/aromatic N) is 2. The second-order valence-electron chi connectivity index (χ2n) is 5.69. The highest BCUT2D eigenvalue weighted by atomic mass is 16.6. The first-order chi connectivity index (χ1) is 10.1. The lowest BCUT2D eigenvalue weighted by molar-refractivity contribution is 0.0741. The zero-order valence-electron chi connectivity index (χ0n) is 12.7. The number of aromatic nitrogens is 1. The predicted molar refractivity (Wildman–Crippen MR) is 79.1 cm³/mol. The van der Waals surface area contributed by atoms with Gasteiger partial charge in [-0.3, -0.25) is 4.79 Å². The Kier molecular flexibility index (Phi) is 5.25. The molecule has 2 heterocycles. The summed E-state index contributed by atoms with van der Waals surface area (Å²) in [7, 11) is 0. The number of carbonyl (C=O) groups excluding carboxylic acids is 2. The van der Waals surface area contributed by atoms with Gasteiger partial charge in [-0.1, -0.05) is 13.8 Å². The number of nitrogens with one attached hydrogen (secondary N) is 1. The lowest BCUT2D eigenvalue weighted by Gasteiger charge is -2.22. The fraction of sp³-hybridized carbons (Fsp3) is 0.600. The van der Waals surface area contributed by atoms with Crippen molar-refractivity contribution in [1.82, 2.24) is 14.8 Å². The van der Waals surface area contributed by atoms with Gasteiger partial charge >= 0.3 is 6.09 Å². The van der Waals surface area contributed by atoms with Crippen molar-refractivity contribution in [1.29, 1.82) is 0 Å². The molecule has 1 aromatic rings. The summed E-state index contributed by atoms with van der Waals surface area (Å²) in [4.78, 5) is 30.6. The van der Waals surface area contributed by atoms with Crippen LogP contribution in [-0.2, 0) is 4.74 Å². The van der Waals surface area contributed by atoms with Crippen LogP contribution < -0.4 is 0 Å². The van der Waals surface area contributed by atoms with E-state index in [1.807, 2.05) is 13.8 Å². The van der Waals surface area contributed by atoms with Gasteiger partial charge in [0.1, 0.15) is 5.69 Å². The van der Waals surface area contributed by atoms with Gasteiger partial charge in [0.15, 0.2) is 0 Å². The van der Waals surface area contributed by atoms with Crippen LogP contribution in [0.2, 0.25) is 0 Å². The summed E-state index contributed by atoms with van der Waals surface area (Å²) < 4.78 is 5.24. The fourth-order valence-electron chi connectivity index (χ4n) is 2.27. The van der Waals surface area contributed by atoms with Crippen LogP contribution in [0.4, 0.5) is 4.79 Å². The van der Waals surface area contributed by atoms with E-state index in [-0.39, 0.29) is 12.0 Å². The molecular weight excluding hydrogens is 270 g/mol. The van der Waals surface area contributed by atoms with Crippen molar-refractivity contribution in [3.63, 3.8) is 0 Å². The lowest BCUT2D eigenvalue weighted by Crippen LogP contribution is -2.38. The fourth-order valence-corrected chi connectivity index (χ4v) is 2.27. The van der Waals surface area contributed by atoms with Gasteiger partial charge in [0, 0.05) is 32.4 Å². The van der Waals surface area contributed by atoms with E-state index < -0.39 is 0 Å². The normalized spacial score (nSPS) is 16.0. The Hall–Kier alpha value is -1.98. The molecule has 1 N–H and O–H groups in total. The highest BCUT2D eigenvalue weighted by Crippen LogP contribution is 2.09. The Morgan fingerprint density at radius 2 is 1.95 bits per heavy atom. The summed E-state index contributed by atoms with van der Waals surface area (Å²) in [5.74, 6) is 0.310. The monoisotopic (exact) mass is 293 g/mol. The van der Waals surface area contributed by atoms with Gasteiger partial charge in [-0.25, -0.2) is 4.79 Å². The minimum atomic E-state index is -0.280. The average Bonchev–Trinajstić information content (AvgIpc) is 2.88. The number of rotatable bonds is 3. The Bertz CT molecular complexity index is 471. The van der Waals surface area contributed by atoms with Gasteiger partial charge in [0.25, 0.3) is 5.91 Å². The summed E-state index contributed by atoms with van der Waals surface area (Å²) in [6, 6.07) is 3.57. The zero-order chi connectivity index (χ0) is 15.2. The van der Waals surface area contributed by atoms with Crippen LogP contribution in [0.3, 0.4) is 0 Å². The molecule has 0 saturated carbocycles. The van der Waals surface area contributed by atoms with E-state index >= 15 is 0 Å². The molecule has 0 aliphatic carbocycles. The number of aromatic amines is 1. The molecule has 6 nitrogen and oxygen atoms in total. The summed E-state index contributed by atoms with van der Waals surface area (Å²) in [6.45, 7) is 6.79. The Labute approximate surface area is 125 Å². The minimum absolute atomic E-state index is 0.0163. The summed E-state index contributed by atoms with van der Waals surface area (Å²) in [5.41, 5.74) is 0.589. The third-order valence-electron chi connectivity index (χ3n) is 3.41. The Morgan fingerprint density at radius 1 is 1.24 bits per heavy atom. The topological polar surface area (TPSA) is 65.6 Å². The highest BCUT2D eigenvalue weighted by molar-refractivity contribution is 5.92. The van der Waals surface area contributed by atoms with E-state index in [0.29, 0.717) is 44.4 Å². The van der Waals surface area contributed by atoms with Crippen molar-refractivity contribution in [2.24, 2.45) is 5.92 Å². The number of hydrogen-bond donors (Lipinski definition) is 1. The minimum Gasteiger partial charge on any atom is -0.449 e. The molecule has 0 spiro atoms. The summed E-state index contributed by atoms with van der Waals surface area (Å²) in [5, 5.41) is 0. The van der Waals surface area contributed by atoms with Gasteiger partial charge in [-0.05, 0) is 24.5 Å². The molecule has 0 atom stereocenters. The van der Waals surface area contributed by atoms with Crippen LogP contribution in [0, 0.1) is 5.92 Å². The van der Waals surface area contributed by atoms with Crippen molar-refractivity contribution < 1.29 is 14.3 Å². The maximum atomic E-state index is 12.3. The van der Waals surface area contributed by atoms with E-state index in [2.05, 4.69) is 4.98 Å². The van der Waals surface area contributed by atoms with Crippen molar-refractivity contribution in [3.05, 3.63) is 24.0 Å². The summed E-state index contributed by atoms with van der Waals surface area (Å²) in [6.07, 6.45) is 2.22. The number of hydrogen-bond acceptors (Lipinski definition) is 3. The molecule has 21 heavy (non-hydrogen) atoms. The molecule has 0 radical (unpaired) electrons. The average molecular weight is 293 g/mol. The van der Waals surface area contributed by atoms with Crippen LogP contribution in [0.25, 0.3) is 0 Å². The second kappa shape index (κ2) is 7.15. The Morgan fingerprint density at radius 3 is 2.62 bits per heavy atom. The number of ether oxygens (including phenoxy) is 1. The van der Waals surface area contributed by atoms with Gasteiger partial charge in [0.05, 0.1) is 6.61 Å². The SMILES string of the molecule is CC(C)COC(=O)N1CCCN(C(=O)c2ccc[nH]2)CC1. The number of carbonyl (C=O) groups is 2. The standard InChI is InChI=1S/C15H23N3O3/c1-12(2)11-21-15(20)18-8-4-7-17(9-10-18)14(19)13-5-3-6-16-13/h3,5-6,12,16H,4,7-11H2,1-2H3. The molecule has 1 aliphatic heterocycles. The van der Waals surface area contributed by atoms with Gasteiger partial charge in [-0.15, -0.1) is 0 Å². The van der Waals surface area contributed by atoms with Gasteiger partial charge in [-0.2, -0.15) is 0 Å². The molecule has 2 amide bonds. The molecule has 1 aromatic heterocycles.